The van der Waals surface area contributed by atoms with Gasteiger partial charge in [-0.15, -0.1) is 0 Å². The minimum Gasteiger partial charge on any atom is -0.340 e. The molecule has 18 heavy (non-hydrogen) atoms. The summed E-state index contributed by atoms with van der Waals surface area (Å²) < 4.78 is 0. The third kappa shape index (κ3) is 2.67. The second kappa shape index (κ2) is 5.44. The minimum atomic E-state index is -0.152. The Kier molecular flexibility index (Phi) is 3.91. The molecule has 0 aliphatic carbocycles. The van der Waals surface area contributed by atoms with Crippen LogP contribution in [-0.2, 0) is 0 Å². The molecule has 4 nitrogen and oxygen atoms in total. The monoisotopic (exact) mass is 263 g/mol. The predicted octanol–water partition coefficient (Wildman–Crippen LogP) is 2.63. The van der Waals surface area contributed by atoms with Crippen molar-refractivity contribution < 1.29 is 4.79 Å². The number of amidine groups is 1. The number of aliphatic imine (C=N–C) groups is 1. The zero-order valence-electron chi connectivity index (χ0n) is 10.8. The van der Waals surface area contributed by atoms with E-state index in [-0.39, 0.29) is 6.03 Å². The molecule has 0 saturated carbocycles. The van der Waals surface area contributed by atoms with E-state index in [0.29, 0.717) is 5.25 Å². The van der Waals surface area contributed by atoms with Crippen LogP contribution < -0.4 is 10.2 Å². The number of nitrogens with zero attached hydrogens (tertiary/aromatic N) is 2. The van der Waals surface area contributed by atoms with Gasteiger partial charge in [0.25, 0.3) is 0 Å². The highest BCUT2D eigenvalue weighted by molar-refractivity contribution is 8.15. The lowest BCUT2D eigenvalue weighted by Gasteiger charge is -2.22. The van der Waals surface area contributed by atoms with Crippen molar-refractivity contribution >= 4 is 28.6 Å². The Hall–Kier alpha value is -1.49. The first-order valence-corrected chi connectivity index (χ1v) is 6.79. The van der Waals surface area contributed by atoms with Gasteiger partial charge in [0.15, 0.2) is 5.17 Å². The number of nitrogens with one attached hydrogen (secondary N) is 1. The molecule has 0 fully saturated rings. The number of aryl methyl sites for hydroxylation is 1. The highest BCUT2D eigenvalue weighted by Gasteiger charge is 2.26. The van der Waals surface area contributed by atoms with Crippen LogP contribution in [-0.4, -0.2) is 30.0 Å². The molecule has 0 radical (unpaired) electrons. The van der Waals surface area contributed by atoms with Gasteiger partial charge in [-0.05, 0) is 24.6 Å². The van der Waals surface area contributed by atoms with Crippen LogP contribution in [0.4, 0.5) is 10.5 Å². The lowest BCUT2D eigenvalue weighted by molar-refractivity contribution is 0.251. The van der Waals surface area contributed by atoms with E-state index in [1.165, 1.54) is 0 Å². The molecule has 1 aliphatic heterocycles. The van der Waals surface area contributed by atoms with Gasteiger partial charge in [-0.25, -0.2) is 9.69 Å². The molecular weight excluding hydrogens is 246 g/mol. The number of carbonyl (C=O) groups is 1. The molecule has 1 unspecified atom stereocenters. The maximum absolute atomic E-state index is 12.0. The second-order valence-corrected chi connectivity index (χ2v) is 5.69. The summed E-state index contributed by atoms with van der Waals surface area (Å²) >= 11 is 1.63. The molecule has 1 heterocycles. The third-order valence-corrected chi connectivity index (χ3v) is 3.73. The fraction of sp³-hybridized carbons (Fsp3) is 0.385. The quantitative estimate of drug-likeness (QED) is 0.846. The highest BCUT2D eigenvalue weighted by Crippen LogP contribution is 2.27. The average Bonchev–Trinajstić information content (AvgIpc) is 2.76. The van der Waals surface area contributed by atoms with Crippen LogP contribution in [0, 0.1) is 6.92 Å². The number of hydrogen-bond donors (Lipinski definition) is 1. The normalized spacial score (nSPS) is 18.4. The van der Waals surface area contributed by atoms with Crippen molar-refractivity contribution in [3.05, 3.63) is 29.8 Å². The first kappa shape index (κ1) is 13.0. The Morgan fingerprint density at radius 3 is 2.89 bits per heavy atom. The van der Waals surface area contributed by atoms with Gasteiger partial charge in [0.2, 0.25) is 0 Å². The molecule has 1 aliphatic rings. The molecule has 5 heteroatoms. The maximum atomic E-state index is 12.0. The molecule has 0 bridgehead atoms. The van der Waals surface area contributed by atoms with Crippen molar-refractivity contribution in [3.8, 4) is 0 Å². The van der Waals surface area contributed by atoms with E-state index >= 15 is 0 Å². The molecule has 2 amide bonds. The van der Waals surface area contributed by atoms with E-state index < -0.39 is 0 Å². The van der Waals surface area contributed by atoms with Crippen LogP contribution in [0.2, 0.25) is 0 Å². The average molecular weight is 263 g/mol. The first-order valence-electron chi connectivity index (χ1n) is 5.91. The highest BCUT2D eigenvalue weighted by atomic mass is 32.2. The van der Waals surface area contributed by atoms with Crippen molar-refractivity contribution in [1.82, 2.24) is 5.32 Å². The molecule has 1 N–H and O–H groups in total. The fourth-order valence-electron chi connectivity index (χ4n) is 1.78. The lowest BCUT2D eigenvalue weighted by Crippen LogP contribution is -2.41. The van der Waals surface area contributed by atoms with E-state index in [1.54, 1.807) is 23.7 Å². The number of hydrogen-bond acceptors (Lipinski definition) is 3. The summed E-state index contributed by atoms with van der Waals surface area (Å²) in [5, 5.41) is 3.87. The van der Waals surface area contributed by atoms with Gasteiger partial charge in [0, 0.05) is 12.3 Å². The van der Waals surface area contributed by atoms with E-state index in [1.807, 2.05) is 31.2 Å². The van der Waals surface area contributed by atoms with Gasteiger partial charge >= 0.3 is 6.03 Å². The fourth-order valence-corrected chi connectivity index (χ4v) is 2.73. The second-order valence-electron chi connectivity index (χ2n) is 4.28. The van der Waals surface area contributed by atoms with Crippen LogP contribution in [0.5, 0.6) is 0 Å². The van der Waals surface area contributed by atoms with Gasteiger partial charge < -0.3 is 5.32 Å². The van der Waals surface area contributed by atoms with Crippen LogP contribution in [0.15, 0.2) is 29.3 Å². The van der Waals surface area contributed by atoms with E-state index in [2.05, 4.69) is 17.2 Å². The van der Waals surface area contributed by atoms with Gasteiger partial charge in [-0.2, -0.15) is 0 Å². The van der Waals surface area contributed by atoms with Crippen molar-refractivity contribution in [2.24, 2.45) is 4.99 Å². The van der Waals surface area contributed by atoms with Crippen LogP contribution in [0.25, 0.3) is 0 Å². The molecule has 2 rings (SSSR count). The molecule has 1 aromatic carbocycles. The smallest absolute Gasteiger partial charge is 0.327 e. The minimum absolute atomic E-state index is 0.152. The summed E-state index contributed by atoms with van der Waals surface area (Å²) in [6.07, 6.45) is 0. The number of amides is 2. The zero-order valence-corrected chi connectivity index (χ0v) is 11.6. The molecule has 0 saturated heterocycles. The van der Waals surface area contributed by atoms with Gasteiger partial charge in [-0.1, -0.05) is 30.8 Å². The number of urea groups is 1. The van der Waals surface area contributed by atoms with E-state index in [0.717, 1.165) is 23.0 Å². The summed E-state index contributed by atoms with van der Waals surface area (Å²) in [4.78, 5) is 18.1. The van der Waals surface area contributed by atoms with Gasteiger partial charge in [-0.3, -0.25) is 4.99 Å². The maximum Gasteiger partial charge on any atom is 0.327 e. The molecule has 1 atom stereocenters. The van der Waals surface area contributed by atoms with Crippen LogP contribution in [0.3, 0.4) is 0 Å². The van der Waals surface area contributed by atoms with Crippen molar-refractivity contribution in [3.63, 3.8) is 0 Å². The van der Waals surface area contributed by atoms with Crippen LogP contribution in [0.1, 0.15) is 12.5 Å². The zero-order chi connectivity index (χ0) is 13.1. The van der Waals surface area contributed by atoms with E-state index in [4.69, 9.17) is 0 Å². The summed E-state index contributed by atoms with van der Waals surface area (Å²) in [7, 11) is 1.63. The third-order valence-electron chi connectivity index (χ3n) is 2.66. The largest absolute Gasteiger partial charge is 0.340 e. The Morgan fingerprint density at radius 2 is 2.33 bits per heavy atom. The molecule has 1 aromatic rings. The summed E-state index contributed by atoms with van der Waals surface area (Å²) in [5.74, 6) is 0. The standard InChI is InChI=1S/C13H17N3OS/c1-9-5-4-6-11(7-9)16(12(17)14-3)13-15-8-10(2)18-13/h4-7,10H,8H2,1-3H3,(H,14,17). The number of anilines is 1. The Bertz CT molecular complexity index is 487. The van der Waals surface area contributed by atoms with Crippen molar-refractivity contribution in [2.45, 2.75) is 19.1 Å². The summed E-state index contributed by atoms with van der Waals surface area (Å²) in [6, 6.07) is 7.72. The Balaban J connectivity index is 2.34. The molecule has 0 spiro atoms. The number of rotatable bonds is 1. The topological polar surface area (TPSA) is 44.7 Å². The Labute approximate surface area is 111 Å². The predicted molar refractivity (Wildman–Crippen MR) is 77.5 cm³/mol. The van der Waals surface area contributed by atoms with E-state index in [9.17, 15) is 4.79 Å². The number of benzene rings is 1. The SMILES string of the molecule is CNC(=O)N(C1=NCC(C)S1)c1cccc(C)c1. The molecule has 0 aromatic heterocycles. The van der Waals surface area contributed by atoms with Gasteiger partial charge in [0.1, 0.15) is 0 Å². The summed E-state index contributed by atoms with van der Waals surface area (Å²) in [6.45, 7) is 4.89. The van der Waals surface area contributed by atoms with Crippen molar-refractivity contribution in [2.75, 3.05) is 18.5 Å². The Morgan fingerprint density at radius 1 is 1.56 bits per heavy atom. The number of carbonyl (C=O) groups excluding carboxylic acids is 1. The number of thioether (sulfide) groups is 1. The molecule has 96 valence electrons. The first-order chi connectivity index (χ1) is 8.61. The van der Waals surface area contributed by atoms with Gasteiger partial charge in [0.05, 0.1) is 12.2 Å². The van der Waals surface area contributed by atoms with Crippen LogP contribution >= 0.6 is 11.8 Å². The molecular formula is C13H17N3OS. The van der Waals surface area contributed by atoms with Crippen molar-refractivity contribution in [1.29, 1.82) is 0 Å². The summed E-state index contributed by atoms with van der Waals surface area (Å²) in [5.41, 5.74) is 1.98. The lowest BCUT2D eigenvalue weighted by atomic mass is 10.2.